The number of hydrogen-bond donors (Lipinski definition) is 1. The zero-order valence-electron chi connectivity index (χ0n) is 16.5. The first-order chi connectivity index (χ1) is 12.9. The van der Waals surface area contributed by atoms with E-state index in [9.17, 15) is 9.18 Å². The molecule has 148 valence electrons. The third-order valence-corrected chi connectivity index (χ3v) is 4.38. The van der Waals surface area contributed by atoms with Crippen LogP contribution in [-0.2, 0) is 11.2 Å². The molecule has 0 aliphatic carbocycles. The Morgan fingerprint density at radius 2 is 1.85 bits per heavy atom. The van der Waals surface area contributed by atoms with Gasteiger partial charge in [0.15, 0.2) is 0 Å². The number of rotatable bonds is 10. The van der Waals surface area contributed by atoms with Gasteiger partial charge in [-0.1, -0.05) is 5.16 Å². The Morgan fingerprint density at radius 3 is 2.48 bits per heavy atom. The molecule has 27 heavy (non-hydrogen) atoms. The second-order valence-corrected chi connectivity index (χ2v) is 7.15. The first-order valence-electron chi connectivity index (χ1n) is 9.47. The highest BCUT2D eigenvalue weighted by atomic mass is 19.1. The van der Waals surface area contributed by atoms with Crippen molar-refractivity contribution in [3.63, 3.8) is 0 Å². The molecule has 0 unspecified atom stereocenters. The first-order valence-corrected chi connectivity index (χ1v) is 9.47. The summed E-state index contributed by atoms with van der Waals surface area (Å²) in [6.07, 6.45) is 1.58. The van der Waals surface area contributed by atoms with Crippen LogP contribution in [0.15, 0.2) is 28.8 Å². The van der Waals surface area contributed by atoms with Gasteiger partial charge in [-0.25, -0.2) is 4.39 Å². The number of amides is 1. The van der Waals surface area contributed by atoms with E-state index in [1.165, 1.54) is 12.1 Å². The van der Waals surface area contributed by atoms with Gasteiger partial charge in [-0.2, -0.15) is 4.98 Å². The molecular formula is C20H29FN4O2. The van der Waals surface area contributed by atoms with Crippen LogP contribution < -0.4 is 5.32 Å². The van der Waals surface area contributed by atoms with Crippen molar-refractivity contribution in [2.75, 3.05) is 13.1 Å². The van der Waals surface area contributed by atoms with Crippen molar-refractivity contribution in [1.82, 2.24) is 20.4 Å². The molecule has 0 bridgehead atoms. The molecule has 1 aromatic carbocycles. The molecule has 6 nitrogen and oxygen atoms in total. The van der Waals surface area contributed by atoms with Crippen molar-refractivity contribution >= 4 is 5.91 Å². The minimum Gasteiger partial charge on any atom is -0.355 e. The summed E-state index contributed by atoms with van der Waals surface area (Å²) in [5, 5.41) is 6.86. The normalized spacial score (nSPS) is 11.6. The minimum atomic E-state index is -0.307. The molecule has 1 aromatic heterocycles. The van der Waals surface area contributed by atoms with Crippen LogP contribution in [0.5, 0.6) is 0 Å². The fraction of sp³-hybridized carbons (Fsp3) is 0.550. The van der Waals surface area contributed by atoms with E-state index in [4.69, 9.17) is 4.52 Å². The number of halogens is 1. The number of nitrogens with zero attached hydrogens (tertiary/aromatic N) is 3. The number of hydrogen-bond acceptors (Lipinski definition) is 5. The summed E-state index contributed by atoms with van der Waals surface area (Å²) in [5.74, 6) is 0.629. The molecule has 0 aliphatic rings. The average molecular weight is 376 g/mol. The fourth-order valence-corrected chi connectivity index (χ4v) is 3.00. The molecule has 2 aromatic rings. The van der Waals surface area contributed by atoms with Gasteiger partial charge in [0.25, 0.3) is 0 Å². The fourth-order valence-electron chi connectivity index (χ4n) is 3.00. The minimum absolute atomic E-state index is 0.0285. The van der Waals surface area contributed by atoms with Gasteiger partial charge in [-0.15, -0.1) is 0 Å². The second-order valence-electron chi connectivity index (χ2n) is 7.15. The summed E-state index contributed by atoms with van der Waals surface area (Å²) >= 11 is 0. The maximum atomic E-state index is 13.0. The van der Waals surface area contributed by atoms with Gasteiger partial charge in [0.2, 0.25) is 17.6 Å². The monoisotopic (exact) mass is 376 g/mol. The van der Waals surface area contributed by atoms with Crippen LogP contribution in [0.3, 0.4) is 0 Å². The molecular weight excluding hydrogens is 347 g/mol. The smallest absolute Gasteiger partial charge is 0.226 e. The van der Waals surface area contributed by atoms with E-state index in [-0.39, 0.29) is 11.7 Å². The van der Waals surface area contributed by atoms with Gasteiger partial charge in [0.05, 0.1) is 0 Å². The molecule has 0 saturated carbocycles. The summed E-state index contributed by atoms with van der Waals surface area (Å²) in [6, 6.07) is 6.83. The number of carbonyl (C=O) groups excluding carboxylic acids is 1. The zero-order valence-corrected chi connectivity index (χ0v) is 16.5. The molecule has 0 saturated heterocycles. The lowest BCUT2D eigenvalue weighted by Crippen LogP contribution is -2.42. The molecule has 0 fully saturated rings. The lowest BCUT2D eigenvalue weighted by molar-refractivity contribution is -0.121. The van der Waals surface area contributed by atoms with Crippen LogP contribution in [0.25, 0.3) is 11.4 Å². The quantitative estimate of drug-likeness (QED) is 0.688. The van der Waals surface area contributed by atoms with Crippen LogP contribution in [0.2, 0.25) is 0 Å². The number of aromatic nitrogens is 2. The molecule has 2 rings (SSSR count). The Balaban J connectivity index is 1.70. The van der Waals surface area contributed by atoms with E-state index < -0.39 is 0 Å². The highest BCUT2D eigenvalue weighted by Gasteiger charge is 2.13. The molecule has 0 atom stereocenters. The maximum Gasteiger partial charge on any atom is 0.226 e. The largest absolute Gasteiger partial charge is 0.355 e. The van der Waals surface area contributed by atoms with E-state index in [0.717, 1.165) is 6.54 Å². The van der Waals surface area contributed by atoms with Crippen LogP contribution in [-0.4, -0.2) is 46.1 Å². The van der Waals surface area contributed by atoms with Gasteiger partial charge in [0, 0.05) is 43.6 Å². The van der Waals surface area contributed by atoms with Crippen LogP contribution in [0.4, 0.5) is 4.39 Å². The molecule has 0 radical (unpaired) electrons. The SMILES string of the molecule is CC(C)N(CCNC(=O)CCCc1nc(-c2ccc(F)cc2)no1)C(C)C. The zero-order chi connectivity index (χ0) is 19.8. The molecule has 7 heteroatoms. The lowest BCUT2D eigenvalue weighted by atomic mass is 10.2. The van der Waals surface area contributed by atoms with Crippen molar-refractivity contribution in [2.45, 2.75) is 59.0 Å². The van der Waals surface area contributed by atoms with Gasteiger partial charge < -0.3 is 9.84 Å². The van der Waals surface area contributed by atoms with E-state index in [1.54, 1.807) is 12.1 Å². The number of carbonyl (C=O) groups is 1. The van der Waals surface area contributed by atoms with Crippen molar-refractivity contribution in [2.24, 2.45) is 0 Å². The van der Waals surface area contributed by atoms with Gasteiger partial charge in [-0.3, -0.25) is 9.69 Å². The Morgan fingerprint density at radius 1 is 1.19 bits per heavy atom. The standard InChI is InChI=1S/C20H29FN4O2/c1-14(2)25(15(3)4)13-12-22-18(26)6-5-7-19-23-20(24-27-19)16-8-10-17(21)11-9-16/h8-11,14-15H,5-7,12-13H2,1-4H3,(H,22,26). The maximum absolute atomic E-state index is 13.0. The third kappa shape index (κ3) is 6.75. The van der Waals surface area contributed by atoms with Crippen LogP contribution in [0, 0.1) is 5.82 Å². The van der Waals surface area contributed by atoms with E-state index in [0.29, 0.717) is 55.2 Å². The second kappa shape index (κ2) is 10.2. The van der Waals surface area contributed by atoms with Gasteiger partial charge in [0.1, 0.15) is 5.82 Å². The summed E-state index contributed by atoms with van der Waals surface area (Å²) in [6.45, 7) is 10.1. The van der Waals surface area contributed by atoms with Crippen molar-refractivity contribution in [1.29, 1.82) is 0 Å². The average Bonchev–Trinajstić information content (AvgIpc) is 3.07. The van der Waals surface area contributed by atoms with Crippen molar-refractivity contribution in [3.8, 4) is 11.4 Å². The predicted octanol–water partition coefficient (Wildman–Crippen LogP) is 3.43. The lowest BCUT2D eigenvalue weighted by Gasteiger charge is -2.30. The number of aryl methyl sites for hydroxylation is 1. The van der Waals surface area contributed by atoms with E-state index in [2.05, 4.69) is 48.1 Å². The van der Waals surface area contributed by atoms with E-state index >= 15 is 0 Å². The molecule has 1 N–H and O–H groups in total. The molecule has 0 aliphatic heterocycles. The summed E-state index contributed by atoms with van der Waals surface area (Å²) in [4.78, 5) is 18.6. The highest BCUT2D eigenvalue weighted by Crippen LogP contribution is 2.16. The van der Waals surface area contributed by atoms with Gasteiger partial charge in [-0.05, 0) is 58.4 Å². The van der Waals surface area contributed by atoms with Crippen LogP contribution in [0.1, 0.15) is 46.4 Å². The molecule has 1 heterocycles. The Hall–Kier alpha value is -2.28. The van der Waals surface area contributed by atoms with Crippen molar-refractivity contribution in [3.05, 3.63) is 36.0 Å². The third-order valence-electron chi connectivity index (χ3n) is 4.38. The summed E-state index contributed by atoms with van der Waals surface area (Å²) < 4.78 is 18.2. The van der Waals surface area contributed by atoms with Crippen LogP contribution >= 0.6 is 0 Å². The number of benzene rings is 1. The highest BCUT2D eigenvalue weighted by molar-refractivity contribution is 5.75. The van der Waals surface area contributed by atoms with Gasteiger partial charge >= 0.3 is 0 Å². The summed E-state index contributed by atoms with van der Waals surface area (Å²) in [7, 11) is 0. The summed E-state index contributed by atoms with van der Waals surface area (Å²) in [5.41, 5.74) is 0.698. The molecule has 0 spiro atoms. The Labute approximate surface area is 160 Å². The van der Waals surface area contributed by atoms with Crippen molar-refractivity contribution < 1.29 is 13.7 Å². The molecule has 1 amide bonds. The Bertz CT molecular complexity index is 705. The Kier molecular flexibility index (Phi) is 7.91. The predicted molar refractivity (Wildman–Crippen MR) is 103 cm³/mol. The first kappa shape index (κ1) is 21.0. The number of nitrogens with one attached hydrogen (secondary N) is 1. The van der Waals surface area contributed by atoms with E-state index in [1.807, 2.05) is 0 Å². The topological polar surface area (TPSA) is 71.3 Å².